The fourth-order valence-corrected chi connectivity index (χ4v) is 1.93. The van der Waals surface area contributed by atoms with E-state index < -0.39 is 0 Å². The quantitative estimate of drug-likeness (QED) is 0.848. The highest BCUT2D eigenvalue weighted by Crippen LogP contribution is 2.21. The van der Waals surface area contributed by atoms with Gasteiger partial charge in [-0.3, -0.25) is 5.10 Å². The highest BCUT2D eigenvalue weighted by atomic mass is 127. The Morgan fingerprint density at radius 2 is 2.06 bits per heavy atom. The third-order valence-electron chi connectivity index (χ3n) is 2.42. The first kappa shape index (κ1) is 11.6. The average molecular weight is 327 g/mol. The summed E-state index contributed by atoms with van der Waals surface area (Å²) in [7, 11) is 0. The van der Waals surface area contributed by atoms with Crippen LogP contribution in [0.25, 0.3) is 11.3 Å². The van der Waals surface area contributed by atoms with Gasteiger partial charge in [0.25, 0.3) is 0 Å². The Labute approximate surface area is 109 Å². The molecule has 0 bridgehead atoms. The summed E-state index contributed by atoms with van der Waals surface area (Å²) >= 11 is 2.31. The normalized spacial score (nSPS) is 10.6. The third-order valence-corrected chi connectivity index (χ3v) is 3.14. The van der Waals surface area contributed by atoms with Gasteiger partial charge in [-0.05, 0) is 46.8 Å². The van der Waals surface area contributed by atoms with Gasteiger partial charge in [-0.2, -0.15) is 5.10 Å². The molecule has 1 aromatic carbocycles. The standard InChI is InChI=1S/C12H14IN3/c1-2-14-7-10-8-15-16-12(10)9-3-5-11(13)6-4-9/h3-6,8,14H,2,7H2,1H3,(H,15,16). The minimum Gasteiger partial charge on any atom is -0.313 e. The second kappa shape index (κ2) is 5.45. The first-order valence-electron chi connectivity index (χ1n) is 5.30. The molecule has 1 heterocycles. The molecule has 84 valence electrons. The summed E-state index contributed by atoms with van der Waals surface area (Å²) in [5.74, 6) is 0. The van der Waals surface area contributed by atoms with Gasteiger partial charge >= 0.3 is 0 Å². The van der Waals surface area contributed by atoms with E-state index >= 15 is 0 Å². The van der Waals surface area contributed by atoms with Crippen LogP contribution in [-0.4, -0.2) is 16.7 Å². The summed E-state index contributed by atoms with van der Waals surface area (Å²) in [6, 6.07) is 8.44. The third kappa shape index (κ3) is 2.62. The molecule has 0 saturated heterocycles. The molecule has 0 amide bonds. The van der Waals surface area contributed by atoms with Crippen molar-refractivity contribution in [2.45, 2.75) is 13.5 Å². The molecule has 4 heteroatoms. The van der Waals surface area contributed by atoms with Crippen LogP contribution in [0.1, 0.15) is 12.5 Å². The zero-order valence-corrected chi connectivity index (χ0v) is 11.3. The molecular weight excluding hydrogens is 313 g/mol. The highest BCUT2D eigenvalue weighted by Gasteiger charge is 2.06. The molecule has 1 aromatic heterocycles. The lowest BCUT2D eigenvalue weighted by Crippen LogP contribution is -2.11. The van der Waals surface area contributed by atoms with Crippen molar-refractivity contribution >= 4 is 22.6 Å². The Bertz CT molecular complexity index is 448. The minimum atomic E-state index is 0.855. The van der Waals surface area contributed by atoms with Gasteiger partial charge < -0.3 is 5.32 Å². The molecule has 0 radical (unpaired) electrons. The molecule has 0 saturated carbocycles. The van der Waals surface area contributed by atoms with E-state index in [1.54, 1.807) is 0 Å². The number of nitrogens with zero attached hydrogens (tertiary/aromatic N) is 1. The second-order valence-corrected chi connectivity index (χ2v) is 4.80. The highest BCUT2D eigenvalue weighted by molar-refractivity contribution is 14.1. The van der Waals surface area contributed by atoms with E-state index in [2.05, 4.69) is 69.3 Å². The van der Waals surface area contributed by atoms with Crippen molar-refractivity contribution in [3.05, 3.63) is 39.6 Å². The van der Waals surface area contributed by atoms with E-state index in [-0.39, 0.29) is 0 Å². The van der Waals surface area contributed by atoms with E-state index in [0.29, 0.717) is 0 Å². The Balaban J connectivity index is 2.26. The zero-order valence-electron chi connectivity index (χ0n) is 9.13. The van der Waals surface area contributed by atoms with E-state index in [1.165, 1.54) is 14.7 Å². The Kier molecular flexibility index (Phi) is 3.95. The number of H-pyrrole nitrogens is 1. The number of aromatic nitrogens is 2. The van der Waals surface area contributed by atoms with Crippen molar-refractivity contribution in [1.29, 1.82) is 0 Å². The van der Waals surface area contributed by atoms with Crippen LogP contribution in [-0.2, 0) is 6.54 Å². The lowest BCUT2D eigenvalue weighted by molar-refractivity contribution is 0.728. The summed E-state index contributed by atoms with van der Waals surface area (Å²) in [4.78, 5) is 0. The first-order chi connectivity index (χ1) is 7.81. The predicted octanol–water partition coefficient (Wildman–Crippen LogP) is 2.79. The second-order valence-electron chi connectivity index (χ2n) is 3.56. The number of nitrogens with one attached hydrogen (secondary N) is 2. The van der Waals surface area contributed by atoms with Gasteiger partial charge in [0.15, 0.2) is 0 Å². The number of benzene rings is 1. The Morgan fingerprint density at radius 1 is 1.31 bits per heavy atom. The van der Waals surface area contributed by atoms with Crippen LogP contribution in [0.3, 0.4) is 0 Å². The molecule has 0 aliphatic carbocycles. The number of hydrogen-bond acceptors (Lipinski definition) is 2. The average Bonchev–Trinajstić information content (AvgIpc) is 2.75. The van der Waals surface area contributed by atoms with Crippen LogP contribution < -0.4 is 5.32 Å². The SMILES string of the molecule is CCNCc1cn[nH]c1-c1ccc(I)cc1. The molecule has 0 atom stereocenters. The predicted molar refractivity (Wildman–Crippen MR) is 74.1 cm³/mol. The van der Waals surface area contributed by atoms with Crippen LogP contribution in [0, 0.1) is 3.57 Å². The van der Waals surface area contributed by atoms with Gasteiger partial charge in [0.1, 0.15) is 0 Å². The van der Waals surface area contributed by atoms with Crippen LogP contribution in [0.15, 0.2) is 30.5 Å². The van der Waals surface area contributed by atoms with Gasteiger partial charge in [-0.15, -0.1) is 0 Å². The molecular formula is C12H14IN3. The monoisotopic (exact) mass is 327 g/mol. The van der Waals surface area contributed by atoms with Crippen molar-refractivity contribution in [2.24, 2.45) is 0 Å². The molecule has 2 aromatic rings. The maximum absolute atomic E-state index is 4.11. The van der Waals surface area contributed by atoms with Crippen molar-refractivity contribution < 1.29 is 0 Å². The van der Waals surface area contributed by atoms with Crippen molar-refractivity contribution in [1.82, 2.24) is 15.5 Å². The summed E-state index contributed by atoms with van der Waals surface area (Å²) < 4.78 is 1.24. The lowest BCUT2D eigenvalue weighted by Gasteiger charge is -2.03. The molecule has 3 nitrogen and oxygen atoms in total. The molecule has 0 aliphatic rings. The summed E-state index contributed by atoms with van der Waals surface area (Å²) in [5.41, 5.74) is 3.51. The van der Waals surface area contributed by atoms with E-state index in [0.717, 1.165) is 18.8 Å². The Morgan fingerprint density at radius 3 is 2.75 bits per heavy atom. The smallest absolute Gasteiger partial charge is 0.0695 e. The minimum absolute atomic E-state index is 0.855. The largest absolute Gasteiger partial charge is 0.313 e. The van der Waals surface area contributed by atoms with Crippen molar-refractivity contribution in [2.75, 3.05) is 6.54 Å². The molecule has 2 rings (SSSR count). The van der Waals surface area contributed by atoms with E-state index in [4.69, 9.17) is 0 Å². The van der Waals surface area contributed by atoms with E-state index in [9.17, 15) is 0 Å². The lowest BCUT2D eigenvalue weighted by atomic mass is 10.1. The summed E-state index contributed by atoms with van der Waals surface area (Å²) in [5, 5.41) is 10.5. The van der Waals surface area contributed by atoms with Gasteiger partial charge in [0, 0.05) is 15.7 Å². The molecule has 16 heavy (non-hydrogen) atoms. The fraction of sp³-hybridized carbons (Fsp3) is 0.250. The summed E-state index contributed by atoms with van der Waals surface area (Å²) in [6.45, 7) is 3.93. The molecule has 0 unspecified atom stereocenters. The van der Waals surface area contributed by atoms with Crippen LogP contribution in [0.2, 0.25) is 0 Å². The zero-order chi connectivity index (χ0) is 11.4. The number of halogens is 1. The van der Waals surface area contributed by atoms with Gasteiger partial charge in [-0.1, -0.05) is 19.1 Å². The van der Waals surface area contributed by atoms with Crippen LogP contribution >= 0.6 is 22.6 Å². The molecule has 2 N–H and O–H groups in total. The first-order valence-corrected chi connectivity index (χ1v) is 6.38. The molecule has 0 spiro atoms. The van der Waals surface area contributed by atoms with Crippen LogP contribution in [0.4, 0.5) is 0 Å². The van der Waals surface area contributed by atoms with Gasteiger partial charge in [0.2, 0.25) is 0 Å². The number of aromatic amines is 1. The van der Waals surface area contributed by atoms with Gasteiger partial charge in [0.05, 0.1) is 11.9 Å². The Hall–Kier alpha value is -0.880. The van der Waals surface area contributed by atoms with Crippen molar-refractivity contribution in [3.8, 4) is 11.3 Å². The maximum Gasteiger partial charge on any atom is 0.0695 e. The topological polar surface area (TPSA) is 40.7 Å². The number of hydrogen-bond donors (Lipinski definition) is 2. The molecule has 0 aliphatic heterocycles. The molecule has 0 fully saturated rings. The fourth-order valence-electron chi connectivity index (χ4n) is 1.57. The maximum atomic E-state index is 4.11. The van der Waals surface area contributed by atoms with Gasteiger partial charge in [-0.25, -0.2) is 0 Å². The van der Waals surface area contributed by atoms with Crippen LogP contribution in [0.5, 0.6) is 0 Å². The number of rotatable bonds is 4. The van der Waals surface area contributed by atoms with Crippen molar-refractivity contribution in [3.63, 3.8) is 0 Å². The summed E-state index contributed by atoms with van der Waals surface area (Å²) in [6.07, 6.45) is 1.88. The van der Waals surface area contributed by atoms with E-state index in [1.807, 2.05) is 6.20 Å².